The number of hydrogen-bond acceptors (Lipinski definition) is 3. The van der Waals surface area contributed by atoms with Crippen molar-refractivity contribution in [3.8, 4) is 28.2 Å². The van der Waals surface area contributed by atoms with Gasteiger partial charge in [-0.15, -0.1) is 0 Å². The molecule has 1 heterocycles. The first-order valence-electron chi connectivity index (χ1n) is 9.30. The Balaban J connectivity index is 2.09. The Bertz CT molecular complexity index is 1220. The molecule has 0 spiro atoms. The van der Waals surface area contributed by atoms with Crippen molar-refractivity contribution in [3.05, 3.63) is 82.5 Å². The highest BCUT2D eigenvalue weighted by molar-refractivity contribution is 6.03. The zero-order valence-electron chi connectivity index (χ0n) is 16.2. The van der Waals surface area contributed by atoms with E-state index >= 15 is 0 Å². The number of allylic oxidation sites excluding steroid dienone is 1. The van der Waals surface area contributed by atoms with Crippen molar-refractivity contribution < 1.29 is 9.52 Å². The number of benzene rings is 3. The molecular formula is C25H22O3. The Morgan fingerprint density at radius 2 is 1.71 bits per heavy atom. The molecule has 0 fully saturated rings. The average molecular weight is 370 g/mol. The molecule has 0 amide bonds. The number of aromatic hydroxyl groups is 1. The van der Waals surface area contributed by atoms with Crippen molar-refractivity contribution in [1.29, 1.82) is 0 Å². The van der Waals surface area contributed by atoms with Crippen LogP contribution in [0.5, 0.6) is 5.75 Å². The molecule has 1 N–H and O–H groups in total. The van der Waals surface area contributed by atoms with E-state index in [9.17, 15) is 9.90 Å². The van der Waals surface area contributed by atoms with Crippen LogP contribution in [-0.4, -0.2) is 5.11 Å². The average Bonchev–Trinajstić information content (AvgIpc) is 2.64. The molecular weight excluding hydrogens is 348 g/mol. The molecule has 0 aromatic heterocycles. The summed E-state index contributed by atoms with van der Waals surface area (Å²) in [5, 5.41) is 10.8. The summed E-state index contributed by atoms with van der Waals surface area (Å²) in [7, 11) is 0. The summed E-state index contributed by atoms with van der Waals surface area (Å²) in [6, 6.07) is 18.2. The van der Waals surface area contributed by atoms with E-state index in [0.29, 0.717) is 11.3 Å². The lowest BCUT2D eigenvalue weighted by molar-refractivity contribution is 0.474. The van der Waals surface area contributed by atoms with Crippen LogP contribution in [0.25, 0.3) is 39.5 Å². The Hall–Kier alpha value is -3.33. The van der Waals surface area contributed by atoms with Gasteiger partial charge in [-0.1, -0.05) is 57.2 Å². The van der Waals surface area contributed by atoms with Gasteiger partial charge in [0.1, 0.15) is 17.1 Å². The number of fused-ring (bicyclic) bond motifs is 2. The Labute approximate surface area is 163 Å². The zero-order chi connectivity index (χ0) is 19.9. The highest BCUT2D eigenvalue weighted by Gasteiger charge is 2.19. The Morgan fingerprint density at radius 1 is 0.929 bits per heavy atom. The maximum absolute atomic E-state index is 11.9. The summed E-state index contributed by atoms with van der Waals surface area (Å²) in [4.78, 5) is 11.9. The van der Waals surface area contributed by atoms with E-state index in [1.807, 2.05) is 24.3 Å². The normalized spacial score (nSPS) is 12.2. The van der Waals surface area contributed by atoms with Gasteiger partial charge in [0.05, 0.1) is 0 Å². The van der Waals surface area contributed by atoms with Gasteiger partial charge in [0.25, 0.3) is 0 Å². The molecule has 140 valence electrons. The SMILES string of the molecule is CC(C)(C)C=Cc1ccccc1-c1c2ccc(=O)cc-2oc2cc(O)ccc12. The predicted octanol–water partition coefficient (Wildman–Crippen LogP) is 6.33. The van der Waals surface area contributed by atoms with Crippen LogP contribution in [-0.2, 0) is 0 Å². The second-order valence-electron chi connectivity index (χ2n) is 8.10. The molecule has 0 saturated carbocycles. The minimum atomic E-state index is -0.109. The molecule has 3 heteroatoms. The van der Waals surface area contributed by atoms with Gasteiger partial charge >= 0.3 is 0 Å². The maximum atomic E-state index is 11.9. The van der Waals surface area contributed by atoms with Gasteiger partial charge in [0.15, 0.2) is 5.43 Å². The van der Waals surface area contributed by atoms with E-state index in [2.05, 4.69) is 45.1 Å². The van der Waals surface area contributed by atoms with Crippen LogP contribution >= 0.6 is 0 Å². The molecule has 0 unspecified atom stereocenters. The third-order valence-electron chi connectivity index (χ3n) is 4.67. The minimum absolute atomic E-state index is 0.0620. The van der Waals surface area contributed by atoms with Crippen LogP contribution in [0.2, 0.25) is 0 Å². The highest BCUT2D eigenvalue weighted by atomic mass is 16.3. The lowest BCUT2D eigenvalue weighted by Crippen LogP contribution is -2.00. The largest absolute Gasteiger partial charge is 0.508 e. The van der Waals surface area contributed by atoms with Crippen LogP contribution in [0, 0.1) is 5.41 Å². The van der Waals surface area contributed by atoms with Crippen LogP contribution in [0.4, 0.5) is 0 Å². The van der Waals surface area contributed by atoms with Crippen LogP contribution < -0.4 is 5.43 Å². The first-order valence-corrected chi connectivity index (χ1v) is 9.30. The lowest BCUT2D eigenvalue weighted by atomic mass is 9.89. The lowest BCUT2D eigenvalue weighted by Gasteiger charge is -2.17. The van der Waals surface area contributed by atoms with Gasteiger partial charge in [0.2, 0.25) is 0 Å². The topological polar surface area (TPSA) is 50.4 Å². The van der Waals surface area contributed by atoms with Crippen LogP contribution in [0.3, 0.4) is 0 Å². The summed E-state index contributed by atoms with van der Waals surface area (Å²) in [6.07, 6.45) is 4.32. The Morgan fingerprint density at radius 3 is 2.50 bits per heavy atom. The monoisotopic (exact) mass is 370 g/mol. The van der Waals surface area contributed by atoms with Crippen molar-refractivity contribution >= 4 is 17.0 Å². The first kappa shape index (κ1) is 18.1. The van der Waals surface area contributed by atoms with Crippen molar-refractivity contribution in [2.45, 2.75) is 20.8 Å². The van der Waals surface area contributed by atoms with Crippen molar-refractivity contribution in [2.75, 3.05) is 0 Å². The third kappa shape index (κ3) is 3.44. The molecule has 0 atom stereocenters. The highest BCUT2D eigenvalue weighted by Crippen LogP contribution is 2.42. The number of rotatable bonds is 2. The van der Waals surface area contributed by atoms with E-state index in [-0.39, 0.29) is 16.6 Å². The number of hydrogen-bond donors (Lipinski definition) is 1. The van der Waals surface area contributed by atoms with Gasteiger partial charge in [-0.25, -0.2) is 0 Å². The standard InChI is InChI=1S/C25H22O3/c1-25(2,3)13-12-16-6-4-5-7-19(16)24-20-10-8-17(26)14-22(20)28-23-15-18(27)9-11-21(23)24/h4-15,26H,1-3H3. The quantitative estimate of drug-likeness (QED) is 0.419. The Kier molecular flexibility index (Phi) is 4.31. The second kappa shape index (κ2) is 6.68. The van der Waals surface area contributed by atoms with Gasteiger partial charge < -0.3 is 9.52 Å². The minimum Gasteiger partial charge on any atom is -0.508 e. The van der Waals surface area contributed by atoms with Gasteiger partial charge in [-0.3, -0.25) is 4.79 Å². The van der Waals surface area contributed by atoms with Crippen LogP contribution in [0.15, 0.2) is 76.0 Å². The van der Waals surface area contributed by atoms with Gasteiger partial charge in [-0.2, -0.15) is 0 Å². The summed E-state index contributed by atoms with van der Waals surface area (Å²) in [6.45, 7) is 6.49. The molecule has 0 saturated heterocycles. The zero-order valence-corrected chi connectivity index (χ0v) is 16.2. The molecule has 0 bridgehead atoms. The van der Waals surface area contributed by atoms with E-state index < -0.39 is 0 Å². The molecule has 1 aliphatic heterocycles. The van der Waals surface area contributed by atoms with Crippen molar-refractivity contribution in [3.63, 3.8) is 0 Å². The second-order valence-corrected chi connectivity index (χ2v) is 8.10. The first-order chi connectivity index (χ1) is 13.3. The fraction of sp³-hybridized carbons (Fsp3) is 0.160. The van der Waals surface area contributed by atoms with Gasteiger partial charge in [-0.05, 0) is 40.8 Å². The third-order valence-corrected chi connectivity index (χ3v) is 4.67. The smallest absolute Gasteiger partial charge is 0.182 e. The summed E-state index contributed by atoms with van der Waals surface area (Å²) < 4.78 is 5.95. The maximum Gasteiger partial charge on any atom is 0.182 e. The molecule has 2 aliphatic rings. The predicted molar refractivity (Wildman–Crippen MR) is 115 cm³/mol. The van der Waals surface area contributed by atoms with Crippen molar-refractivity contribution in [1.82, 2.24) is 0 Å². The number of phenols is 1. The molecule has 4 rings (SSSR count). The summed E-state index contributed by atoms with van der Waals surface area (Å²) in [5.41, 5.74) is 4.50. The fourth-order valence-electron chi connectivity index (χ4n) is 3.36. The molecule has 2 aromatic carbocycles. The van der Waals surface area contributed by atoms with Gasteiger partial charge in [0, 0.05) is 28.6 Å². The van der Waals surface area contributed by atoms with E-state index in [0.717, 1.165) is 27.6 Å². The molecule has 0 radical (unpaired) electrons. The van der Waals surface area contributed by atoms with E-state index in [1.54, 1.807) is 18.2 Å². The summed E-state index contributed by atoms with van der Waals surface area (Å²) >= 11 is 0. The van der Waals surface area contributed by atoms with E-state index in [1.165, 1.54) is 6.07 Å². The molecule has 28 heavy (non-hydrogen) atoms. The summed E-state index contributed by atoms with van der Waals surface area (Å²) in [5.74, 6) is 0.635. The molecule has 1 aliphatic carbocycles. The van der Waals surface area contributed by atoms with Crippen LogP contribution in [0.1, 0.15) is 26.3 Å². The fourth-order valence-corrected chi connectivity index (χ4v) is 3.36. The molecule has 2 aromatic rings. The van der Waals surface area contributed by atoms with Crippen molar-refractivity contribution in [2.24, 2.45) is 5.41 Å². The van der Waals surface area contributed by atoms with E-state index in [4.69, 9.17) is 4.42 Å². The number of phenolic OH excluding ortho intramolecular Hbond substituents is 1. The molecule has 3 nitrogen and oxygen atoms in total.